The molecule has 3 aromatic carbocycles. The Hall–Kier alpha value is -3.80. The van der Waals surface area contributed by atoms with Crippen LogP contribution in [0.15, 0.2) is 71.6 Å². The molecule has 1 N–H and O–H groups in total. The second-order valence-electron chi connectivity index (χ2n) is 8.85. The number of anilines is 1. The molecule has 0 bridgehead atoms. The molecule has 0 aromatic heterocycles. The van der Waals surface area contributed by atoms with E-state index in [4.69, 9.17) is 4.18 Å². The molecule has 216 valence electrons. The zero-order valence-corrected chi connectivity index (χ0v) is 23.2. The van der Waals surface area contributed by atoms with Gasteiger partial charge < -0.3 is 19.3 Å². The highest BCUT2D eigenvalue weighted by molar-refractivity contribution is 7.87. The monoisotopic (exact) mass is 581 g/mol. The third-order valence-corrected chi connectivity index (χ3v) is 7.32. The molecule has 7 nitrogen and oxygen atoms in total. The van der Waals surface area contributed by atoms with Crippen LogP contribution < -0.4 is 14.4 Å². The number of halogens is 4. The molecule has 0 radical (unpaired) electrons. The average molecular weight is 582 g/mol. The summed E-state index contributed by atoms with van der Waals surface area (Å²) in [6, 6.07) is 13.3. The molecule has 0 fully saturated rings. The highest BCUT2D eigenvalue weighted by Crippen LogP contribution is 2.33. The van der Waals surface area contributed by atoms with E-state index in [1.54, 1.807) is 19.1 Å². The lowest BCUT2D eigenvalue weighted by Crippen LogP contribution is -2.39. The van der Waals surface area contributed by atoms with Crippen molar-refractivity contribution in [1.82, 2.24) is 10.2 Å². The quantitative estimate of drug-likeness (QED) is 0.216. The molecule has 0 aliphatic rings. The zero-order valence-electron chi connectivity index (χ0n) is 22.3. The first-order valence-electron chi connectivity index (χ1n) is 12.6. The van der Waals surface area contributed by atoms with E-state index in [1.165, 1.54) is 35.2 Å². The topological polar surface area (TPSA) is 79.0 Å². The van der Waals surface area contributed by atoms with Crippen molar-refractivity contribution >= 4 is 21.8 Å². The average Bonchev–Trinajstić information content (AvgIpc) is 2.91. The van der Waals surface area contributed by atoms with Crippen molar-refractivity contribution in [3.8, 4) is 5.75 Å². The molecule has 3 aromatic rings. The summed E-state index contributed by atoms with van der Waals surface area (Å²) < 4.78 is 84.9. The lowest BCUT2D eigenvalue weighted by Gasteiger charge is -2.26. The van der Waals surface area contributed by atoms with Crippen molar-refractivity contribution in [2.75, 3.05) is 24.5 Å². The zero-order chi connectivity index (χ0) is 29.5. The molecule has 0 aliphatic carbocycles. The van der Waals surface area contributed by atoms with Gasteiger partial charge in [0, 0.05) is 43.5 Å². The number of rotatable bonds is 11. The number of hydrogen-bond donors (Lipinski definition) is 1. The minimum atomic E-state index is -4.74. The summed E-state index contributed by atoms with van der Waals surface area (Å²) in [5.74, 6) is -0.564. The molecule has 0 atom stereocenters. The first-order valence-corrected chi connectivity index (χ1v) is 14.1. The van der Waals surface area contributed by atoms with Crippen molar-refractivity contribution in [2.24, 2.45) is 0 Å². The van der Waals surface area contributed by atoms with Gasteiger partial charge in [0.05, 0.1) is 12.1 Å². The number of benzene rings is 3. The summed E-state index contributed by atoms with van der Waals surface area (Å²) in [6.07, 6.45) is -4.74. The molecule has 0 heterocycles. The van der Waals surface area contributed by atoms with Crippen LogP contribution in [-0.4, -0.2) is 39.0 Å². The summed E-state index contributed by atoms with van der Waals surface area (Å²) in [5.41, 5.74) is 0.438. The molecule has 40 heavy (non-hydrogen) atoms. The number of alkyl halides is 3. The summed E-state index contributed by atoms with van der Waals surface area (Å²) in [7, 11) is -4.68. The minimum absolute atomic E-state index is 0.0731. The van der Waals surface area contributed by atoms with Gasteiger partial charge in [-0.3, -0.25) is 0 Å². The van der Waals surface area contributed by atoms with Gasteiger partial charge in [0.2, 0.25) is 0 Å². The predicted octanol–water partition coefficient (Wildman–Crippen LogP) is 6.19. The maximum atomic E-state index is 13.4. The molecule has 12 heteroatoms. The summed E-state index contributed by atoms with van der Waals surface area (Å²) in [6.45, 7) is 7.07. The Morgan fingerprint density at radius 1 is 0.925 bits per heavy atom. The summed E-state index contributed by atoms with van der Waals surface area (Å²) >= 11 is 0. The van der Waals surface area contributed by atoms with Gasteiger partial charge >= 0.3 is 22.3 Å². The van der Waals surface area contributed by atoms with E-state index in [0.717, 1.165) is 18.2 Å². The van der Waals surface area contributed by atoms with Gasteiger partial charge in [0.25, 0.3) is 0 Å². The van der Waals surface area contributed by atoms with E-state index in [-0.39, 0.29) is 18.8 Å². The Labute approximate surface area is 231 Å². The largest absolute Gasteiger partial charge is 0.416 e. The summed E-state index contributed by atoms with van der Waals surface area (Å²) in [5, 5.41) is 2.70. The minimum Gasteiger partial charge on any atom is -0.379 e. The van der Waals surface area contributed by atoms with E-state index in [9.17, 15) is 30.8 Å². The van der Waals surface area contributed by atoms with Crippen LogP contribution in [0.25, 0.3) is 0 Å². The number of carbonyl (C=O) groups is 1. The Bertz CT molecular complexity index is 1410. The standard InChI is InChI=1S/C28H31F4N3O4S/c1-4-33-27(36)35(18-20-10-13-23(29)14-11-20)19-21-12-15-24(34(5-2)6-3)17-26(21)39-40(37,38)25-9-7-8-22(16-25)28(30,31)32/h7-17H,4-6,18-19H2,1-3H3,(H,33,36). The van der Waals surface area contributed by atoms with Gasteiger partial charge in [-0.1, -0.05) is 24.3 Å². The lowest BCUT2D eigenvalue weighted by molar-refractivity contribution is -0.137. The molecule has 0 saturated carbocycles. The highest BCUT2D eigenvalue weighted by atomic mass is 32.2. The van der Waals surface area contributed by atoms with Crippen LogP contribution in [0.5, 0.6) is 5.75 Å². The normalized spacial score (nSPS) is 11.7. The third-order valence-electron chi connectivity index (χ3n) is 6.09. The van der Waals surface area contributed by atoms with Crippen LogP contribution in [0.4, 0.5) is 28.0 Å². The number of nitrogens with zero attached hydrogens (tertiary/aromatic N) is 2. The van der Waals surface area contributed by atoms with Crippen molar-refractivity contribution in [3.63, 3.8) is 0 Å². The second kappa shape index (κ2) is 13.0. The fourth-order valence-electron chi connectivity index (χ4n) is 4.01. The predicted molar refractivity (Wildman–Crippen MR) is 144 cm³/mol. The summed E-state index contributed by atoms with van der Waals surface area (Å²) in [4.78, 5) is 15.6. The fourth-order valence-corrected chi connectivity index (χ4v) is 5.01. The highest BCUT2D eigenvalue weighted by Gasteiger charge is 2.32. The van der Waals surface area contributed by atoms with E-state index in [2.05, 4.69) is 5.32 Å². The lowest BCUT2D eigenvalue weighted by atomic mass is 10.1. The molecular weight excluding hydrogens is 550 g/mol. The van der Waals surface area contributed by atoms with Gasteiger partial charge in [-0.15, -0.1) is 0 Å². The van der Waals surface area contributed by atoms with Crippen LogP contribution >= 0.6 is 0 Å². The SMILES string of the molecule is CCNC(=O)N(Cc1ccc(F)cc1)Cc1ccc(N(CC)CC)cc1OS(=O)(=O)c1cccc(C(F)(F)F)c1. The first-order chi connectivity index (χ1) is 18.9. The van der Waals surface area contributed by atoms with Crippen molar-refractivity contribution in [1.29, 1.82) is 0 Å². The molecule has 0 unspecified atom stereocenters. The Morgan fingerprint density at radius 2 is 1.60 bits per heavy atom. The second-order valence-corrected chi connectivity index (χ2v) is 10.4. The smallest absolute Gasteiger partial charge is 0.379 e. The van der Waals surface area contributed by atoms with E-state index in [1.807, 2.05) is 18.7 Å². The maximum absolute atomic E-state index is 13.4. The third kappa shape index (κ3) is 7.87. The van der Waals surface area contributed by atoms with Gasteiger partial charge in [0.15, 0.2) is 0 Å². The van der Waals surface area contributed by atoms with Crippen LogP contribution in [-0.2, 0) is 29.4 Å². The van der Waals surface area contributed by atoms with Crippen molar-refractivity contribution in [3.05, 3.63) is 89.2 Å². The molecule has 0 saturated heterocycles. The van der Waals surface area contributed by atoms with E-state index >= 15 is 0 Å². The molecule has 0 spiro atoms. The number of nitrogens with one attached hydrogen (secondary N) is 1. The van der Waals surface area contributed by atoms with Crippen LogP contribution in [0, 0.1) is 5.82 Å². The van der Waals surface area contributed by atoms with Gasteiger partial charge in [-0.25, -0.2) is 9.18 Å². The Kier molecular flexibility index (Phi) is 10.0. The van der Waals surface area contributed by atoms with Gasteiger partial charge in [-0.2, -0.15) is 21.6 Å². The maximum Gasteiger partial charge on any atom is 0.416 e. The number of urea groups is 1. The van der Waals surface area contributed by atoms with Crippen LogP contribution in [0.3, 0.4) is 0 Å². The fraction of sp³-hybridized carbons (Fsp3) is 0.321. The Balaban J connectivity index is 2.04. The molecule has 2 amide bonds. The molecule has 0 aliphatic heterocycles. The number of amides is 2. The van der Waals surface area contributed by atoms with E-state index < -0.39 is 38.6 Å². The number of carbonyl (C=O) groups excluding carboxylic acids is 1. The van der Waals surface area contributed by atoms with E-state index in [0.29, 0.717) is 42.5 Å². The Morgan fingerprint density at radius 3 is 2.20 bits per heavy atom. The number of hydrogen-bond acceptors (Lipinski definition) is 5. The first kappa shape index (κ1) is 30.7. The van der Waals surface area contributed by atoms with Crippen LogP contribution in [0.1, 0.15) is 37.5 Å². The molecular formula is C28H31F4N3O4S. The van der Waals surface area contributed by atoms with Crippen LogP contribution in [0.2, 0.25) is 0 Å². The van der Waals surface area contributed by atoms with Crippen molar-refractivity contribution in [2.45, 2.75) is 44.9 Å². The van der Waals surface area contributed by atoms with Crippen molar-refractivity contribution < 1.29 is 35.0 Å². The van der Waals surface area contributed by atoms with Gasteiger partial charge in [0.1, 0.15) is 16.5 Å². The van der Waals surface area contributed by atoms with Gasteiger partial charge in [-0.05, 0) is 62.7 Å². The molecule has 3 rings (SSSR count).